The minimum atomic E-state index is 0.634. The van der Waals surface area contributed by atoms with Gasteiger partial charge in [-0.25, -0.2) is 0 Å². The topological polar surface area (TPSA) is 47.7 Å². The molecule has 0 aliphatic carbocycles. The molecule has 0 aliphatic rings. The highest BCUT2D eigenvalue weighted by atomic mass is 14.4. The molecule has 0 fully saturated rings. The smallest absolute Gasteiger partial charge is 0.0318 e. The molecule has 0 spiro atoms. The predicted molar refractivity (Wildman–Crippen MR) is 91.0 cm³/mol. The van der Waals surface area contributed by atoms with Crippen molar-refractivity contribution in [2.24, 2.45) is 0 Å². The number of hydrogen-bond acceptors (Lipinski definition) is 2. The SMILES string of the molecule is CC.CC.CCCC/C(C(C)=N)=C(\CCC)C(C)=N. The molecule has 0 amide bonds. The Kier molecular flexibility index (Phi) is 20.8. The van der Waals surface area contributed by atoms with Crippen LogP contribution in [0.25, 0.3) is 0 Å². The molecular formula is C17H36N2. The Bertz CT molecular complexity index is 262. The first-order valence-corrected chi connectivity index (χ1v) is 7.87. The molecule has 2 heteroatoms. The van der Waals surface area contributed by atoms with Gasteiger partial charge in [0.05, 0.1) is 0 Å². The molecule has 114 valence electrons. The summed E-state index contributed by atoms with van der Waals surface area (Å²) >= 11 is 0. The Morgan fingerprint density at radius 1 is 0.684 bits per heavy atom. The summed E-state index contributed by atoms with van der Waals surface area (Å²) in [5.41, 5.74) is 3.47. The second-order valence-corrected chi connectivity index (χ2v) is 4.06. The van der Waals surface area contributed by atoms with Gasteiger partial charge in [-0.05, 0) is 44.3 Å². The Morgan fingerprint density at radius 3 is 1.32 bits per heavy atom. The van der Waals surface area contributed by atoms with Crippen molar-refractivity contribution in [2.75, 3.05) is 0 Å². The standard InChI is InChI=1S/C13H24N2.2C2H6/c1-5-7-9-13(11(4)15)12(8-6-2)10(3)14;2*1-2/h14-15H,5-9H2,1-4H3;2*1-2H3/b13-12-,14-10?,15-11?;;. The lowest BCUT2D eigenvalue weighted by Crippen LogP contribution is -2.07. The lowest BCUT2D eigenvalue weighted by molar-refractivity contribution is 0.791. The third-order valence-electron chi connectivity index (χ3n) is 2.55. The fourth-order valence-electron chi connectivity index (χ4n) is 1.73. The van der Waals surface area contributed by atoms with Crippen LogP contribution in [0.1, 0.15) is 87.5 Å². The zero-order valence-corrected chi connectivity index (χ0v) is 14.5. The van der Waals surface area contributed by atoms with Crippen LogP contribution in [-0.4, -0.2) is 11.4 Å². The maximum atomic E-state index is 7.78. The van der Waals surface area contributed by atoms with Crippen molar-refractivity contribution >= 4 is 11.4 Å². The fourth-order valence-corrected chi connectivity index (χ4v) is 1.73. The normalized spacial score (nSPS) is 10.3. The maximum Gasteiger partial charge on any atom is 0.0318 e. The molecule has 0 aliphatic heterocycles. The van der Waals surface area contributed by atoms with Crippen LogP contribution in [0.2, 0.25) is 0 Å². The van der Waals surface area contributed by atoms with Crippen molar-refractivity contribution in [3.8, 4) is 0 Å². The molecule has 2 N–H and O–H groups in total. The molecule has 0 aromatic rings. The molecule has 0 saturated heterocycles. The monoisotopic (exact) mass is 268 g/mol. The summed E-state index contributed by atoms with van der Waals surface area (Å²) in [6, 6.07) is 0. The van der Waals surface area contributed by atoms with Gasteiger partial charge in [0, 0.05) is 11.4 Å². The highest BCUT2D eigenvalue weighted by Gasteiger charge is 2.09. The van der Waals surface area contributed by atoms with Crippen LogP contribution in [0.15, 0.2) is 11.1 Å². The highest BCUT2D eigenvalue weighted by molar-refractivity contribution is 6.06. The first-order chi connectivity index (χ1) is 9.04. The maximum absolute atomic E-state index is 7.78. The summed E-state index contributed by atoms with van der Waals surface area (Å²) < 4.78 is 0. The van der Waals surface area contributed by atoms with Crippen molar-refractivity contribution in [1.82, 2.24) is 0 Å². The molecule has 2 nitrogen and oxygen atoms in total. The van der Waals surface area contributed by atoms with Crippen LogP contribution in [0.4, 0.5) is 0 Å². The third-order valence-corrected chi connectivity index (χ3v) is 2.55. The van der Waals surface area contributed by atoms with E-state index in [1.54, 1.807) is 0 Å². The zero-order valence-electron chi connectivity index (χ0n) is 14.5. The highest BCUT2D eigenvalue weighted by Crippen LogP contribution is 2.19. The number of hydrogen-bond donors (Lipinski definition) is 2. The van der Waals surface area contributed by atoms with Gasteiger partial charge in [-0.2, -0.15) is 0 Å². The summed E-state index contributed by atoms with van der Waals surface area (Å²) in [5, 5.41) is 15.5. The van der Waals surface area contributed by atoms with Gasteiger partial charge in [0.2, 0.25) is 0 Å². The molecule has 0 radical (unpaired) electrons. The predicted octanol–water partition coefficient (Wildman–Crippen LogP) is 6.41. The van der Waals surface area contributed by atoms with Gasteiger partial charge in [-0.1, -0.05) is 54.4 Å². The number of allylic oxidation sites excluding steroid dienone is 2. The Hall–Kier alpha value is -0.920. The van der Waals surface area contributed by atoms with Crippen molar-refractivity contribution < 1.29 is 0 Å². The third kappa shape index (κ3) is 11.9. The molecule has 0 atom stereocenters. The van der Waals surface area contributed by atoms with E-state index in [0.717, 1.165) is 43.3 Å². The van der Waals surface area contributed by atoms with Crippen LogP contribution >= 0.6 is 0 Å². The Balaban J connectivity index is -0.000000579. The minimum Gasteiger partial charge on any atom is -0.305 e. The largest absolute Gasteiger partial charge is 0.305 e. The van der Waals surface area contributed by atoms with E-state index in [-0.39, 0.29) is 0 Å². The Morgan fingerprint density at radius 2 is 1.05 bits per heavy atom. The average Bonchev–Trinajstić information content (AvgIpc) is 2.42. The number of rotatable bonds is 7. The molecule has 0 bridgehead atoms. The van der Waals surface area contributed by atoms with E-state index < -0.39 is 0 Å². The van der Waals surface area contributed by atoms with Crippen LogP contribution in [0.5, 0.6) is 0 Å². The minimum absolute atomic E-state index is 0.634. The molecule has 0 aromatic heterocycles. The van der Waals surface area contributed by atoms with Crippen molar-refractivity contribution in [1.29, 1.82) is 10.8 Å². The van der Waals surface area contributed by atoms with Gasteiger partial charge in [-0.3, -0.25) is 0 Å². The van der Waals surface area contributed by atoms with Crippen molar-refractivity contribution in [2.45, 2.75) is 87.5 Å². The van der Waals surface area contributed by atoms with Gasteiger partial charge in [0.1, 0.15) is 0 Å². The summed E-state index contributed by atoms with van der Waals surface area (Å²) in [6.45, 7) is 16.0. The van der Waals surface area contributed by atoms with E-state index >= 15 is 0 Å². The lowest BCUT2D eigenvalue weighted by Gasteiger charge is -2.13. The molecule has 0 unspecified atom stereocenters. The van der Waals surface area contributed by atoms with E-state index in [9.17, 15) is 0 Å². The van der Waals surface area contributed by atoms with E-state index in [2.05, 4.69) is 13.8 Å². The van der Waals surface area contributed by atoms with Crippen molar-refractivity contribution in [3.63, 3.8) is 0 Å². The quantitative estimate of drug-likeness (QED) is 0.501. The fraction of sp³-hybridized carbons (Fsp3) is 0.765. The van der Waals surface area contributed by atoms with E-state index in [0.29, 0.717) is 11.4 Å². The van der Waals surface area contributed by atoms with Crippen LogP contribution in [0, 0.1) is 10.8 Å². The second kappa shape index (κ2) is 17.1. The van der Waals surface area contributed by atoms with E-state index in [1.165, 1.54) is 0 Å². The van der Waals surface area contributed by atoms with Gasteiger partial charge in [0.15, 0.2) is 0 Å². The number of unbranched alkanes of at least 4 members (excludes halogenated alkanes) is 1. The van der Waals surface area contributed by atoms with E-state index in [1.807, 2.05) is 41.5 Å². The zero-order chi connectivity index (χ0) is 15.8. The Labute approximate surface area is 121 Å². The summed E-state index contributed by atoms with van der Waals surface area (Å²) in [4.78, 5) is 0. The van der Waals surface area contributed by atoms with Gasteiger partial charge in [-0.15, -0.1) is 0 Å². The van der Waals surface area contributed by atoms with E-state index in [4.69, 9.17) is 10.8 Å². The van der Waals surface area contributed by atoms with Gasteiger partial charge >= 0.3 is 0 Å². The average molecular weight is 268 g/mol. The molecule has 0 aromatic carbocycles. The summed E-state index contributed by atoms with van der Waals surface area (Å²) in [7, 11) is 0. The molecule has 0 heterocycles. The van der Waals surface area contributed by atoms with Gasteiger partial charge < -0.3 is 10.8 Å². The molecular weight excluding hydrogens is 232 g/mol. The van der Waals surface area contributed by atoms with Gasteiger partial charge in [0.25, 0.3) is 0 Å². The first-order valence-electron chi connectivity index (χ1n) is 7.87. The molecule has 0 rings (SSSR count). The van der Waals surface area contributed by atoms with Crippen LogP contribution in [-0.2, 0) is 0 Å². The summed E-state index contributed by atoms with van der Waals surface area (Å²) in [5.74, 6) is 0. The molecule has 19 heavy (non-hydrogen) atoms. The van der Waals surface area contributed by atoms with Crippen LogP contribution < -0.4 is 0 Å². The van der Waals surface area contributed by atoms with Crippen LogP contribution in [0.3, 0.4) is 0 Å². The lowest BCUT2D eigenvalue weighted by atomic mass is 9.93. The number of nitrogens with one attached hydrogen (secondary N) is 2. The second-order valence-electron chi connectivity index (χ2n) is 4.06. The first kappa shape index (κ1) is 23.2. The summed E-state index contributed by atoms with van der Waals surface area (Å²) in [6.07, 6.45) is 5.20. The van der Waals surface area contributed by atoms with Crippen molar-refractivity contribution in [3.05, 3.63) is 11.1 Å². The molecule has 0 saturated carbocycles.